The monoisotopic (exact) mass is 336 g/mol. The second kappa shape index (κ2) is 5.88. The Bertz CT molecular complexity index is 849. The summed E-state index contributed by atoms with van der Waals surface area (Å²) in [6.07, 6.45) is -0.751. The molecule has 2 heterocycles. The molecule has 0 fully saturated rings. The quantitative estimate of drug-likeness (QED) is 0.802. The van der Waals surface area contributed by atoms with Crippen LogP contribution in [-0.2, 0) is 11.8 Å². The van der Waals surface area contributed by atoms with Crippen LogP contribution in [0.5, 0.6) is 0 Å². The third-order valence-electron chi connectivity index (χ3n) is 3.28. The minimum atomic E-state index is -0.751. The highest BCUT2D eigenvalue weighted by Crippen LogP contribution is 2.40. The Morgan fingerprint density at radius 3 is 3.09 bits per heavy atom. The number of hydrogen-bond donors (Lipinski definition) is 1. The molecule has 1 aliphatic rings. The fourth-order valence-corrected chi connectivity index (χ4v) is 2.40. The molecule has 0 aliphatic carbocycles. The first-order valence-electron chi connectivity index (χ1n) is 6.93. The topological polar surface area (TPSA) is 83.8 Å². The van der Waals surface area contributed by atoms with Crippen LogP contribution in [-0.4, -0.2) is 24.8 Å². The van der Waals surface area contributed by atoms with E-state index in [2.05, 4.69) is 15.4 Å². The lowest BCUT2D eigenvalue weighted by Crippen LogP contribution is -2.44. The number of fused-ring (bicyclic) bond motifs is 2. The minimum Gasteiger partial charge on any atom is -0.448 e. The van der Waals surface area contributed by atoms with E-state index in [1.165, 1.54) is 0 Å². The van der Waals surface area contributed by atoms with Crippen LogP contribution in [0.2, 0.25) is 5.02 Å². The van der Waals surface area contributed by atoms with E-state index < -0.39 is 6.09 Å². The van der Waals surface area contributed by atoms with E-state index in [4.69, 9.17) is 20.8 Å². The van der Waals surface area contributed by atoms with Gasteiger partial charge in [-0.1, -0.05) is 11.6 Å². The fourth-order valence-electron chi connectivity index (χ4n) is 2.24. The molecule has 1 aromatic carbocycles. The summed E-state index contributed by atoms with van der Waals surface area (Å²) >= 11 is 6.05. The van der Waals surface area contributed by atoms with Gasteiger partial charge in [0.05, 0.1) is 12.3 Å². The van der Waals surface area contributed by atoms with Gasteiger partial charge in [-0.05, 0) is 30.2 Å². The first-order valence-corrected chi connectivity index (χ1v) is 7.30. The molecule has 1 aliphatic heterocycles. The van der Waals surface area contributed by atoms with E-state index in [1.807, 2.05) is 19.2 Å². The molecule has 8 nitrogen and oxygen atoms in total. The maximum Gasteiger partial charge on any atom is 0.438 e. The van der Waals surface area contributed by atoms with Gasteiger partial charge in [-0.15, -0.1) is 9.67 Å². The van der Waals surface area contributed by atoms with Gasteiger partial charge in [0.25, 0.3) is 5.88 Å². The summed E-state index contributed by atoms with van der Waals surface area (Å²) in [5.74, 6) is 1.09. The smallest absolute Gasteiger partial charge is 0.438 e. The number of ether oxygens (including phenoxy) is 1. The molecule has 0 bridgehead atoms. The first-order chi connectivity index (χ1) is 11.0. The van der Waals surface area contributed by atoms with E-state index >= 15 is 0 Å². The molecule has 3 rings (SSSR count). The number of carbonyl (C=O) groups excluding carboxylic acids is 1. The van der Waals surface area contributed by atoms with Crippen LogP contribution in [0, 0.1) is 0 Å². The molecule has 120 valence electrons. The van der Waals surface area contributed by atoms with Gasteiger partial charge in [0.1, 0.15) is 12.7 Å². The standard InChI is InChI=1S/C14H14ClN5O3/c1-4-22-14(21)17-13-18-20(3)11-12(23-13)19(2)10-7-8(15)5-6-9(10)16-11/h5-7H,4H2,1-3H3/p+1. The molecule has 0 atom stereocenters. The number of benzene rings is 1. The molecule has 23 heavy (non-hydrogen) atoms. The van der Waals surface area contributed by atoms with Crippen molar-refractivity contribution in [3.05, 3.63) is 28.9 Å². The summed E-state index contributed by atoms with van der Waals surface area (Å²) in [5.41, 5.74) is 1.61. The maximum absolute atomic E-state index is 11.5. The minimum absolute atomic E-state index is 0.0937. The Hall–Kier alpha value is -2.61. The zero-order valence-corrected chi connectivity index (χ0v) is 13.6. The highest BCUT2D eigenvalue weighted by Gasteiger charge is 2.31. The number of amides is 1. The summed E-state index contributed by atoms with van der Waals surface area (Å²) in [6, 6.07) is 5.47. The number of carbonyl (C=O) groups is 1. The SMILES string of the molecule is CCOC(=O)N=c1n[n+](C)c2c(o1)N(C)c1cc(Cl)ccc1N2. The lowest BCUT2D eigenvalue weighted by Gasteiger charge is -2.24. The Morgan fingerprint density at radius 1 is 1.57 bits per heavy atom. The number of nitrogens with zero attached hydrogens (tertiary/aromatic N) is 4. The lowest BCUT2D eigenvalue weighted by atomic mass is 10.2. The van der Waals surface area contributed by atoms with Crippen molar-refractivity contribution in [2.75, 3.05) is 23.9 Å². The summed E-state index contributed by atoms with van der Waals surface area (Å²) in [4.78, 5) is 17.0. The molecule has 2 aromatic rings. The van der Waals surface area contributed by atoms with E-state index in [0.717, 1.165) is 11.4 Å². The predicted molar refractivity (Wildman–Crippen MR) is 83.1 cm³/mol. The van der Waals surface area contributed by atoms with Crippen LogP contribution in [0.3, 0.4) is 0 Å². The fraction of sp³-hybridized carbons (Fsp3) is 0.286. The van der Waals surface area contributed by atoms with Gasteiger partial charge < -0.3 is 14.1 Å². The van der Waals surface area contributed by atoms with Crippen molar-refractivity contribution in [1.29, 1.82) is 0 Å². The normalized spacial score (nSPS) is 13.2. The lowest BCUT2D eigenvalue weighted by molar-refractivity contribution is -0.720. The second-order valence-corrected chi connectivity index (χ2v) is 5.25. The van der Waals surface area contributed by atoms with Crippen molar-refractivity contribution in [2.24, 2.45) is 12.0 Å². The van der Waals surface area contributed by atoms with E-state index in [9.17, 15) is 4.79 Å². The molecule has 0 saturated carbocycles. The van der Waals surface area contributed by atoms with Crippen LogP contribution in [0.25, 0.3) is 0 Å². The molecule has 9 heteroatoms. The molecular weight excluding hydrogens is 322 g/mol. The van der Waals surface area contributed by atoms with Gasteiger partial charge in [0, 0.05) is 12.1 Å². The van der Waals surface area contributed by atoms with Crippen LogP contribution in [0.4, 0.5) is 27.9 Å². The average Bonchev–Trinajstić information content (AvgIpc) is 2.49. The number of rotatable bonds is 1. The number of anilines is 4. The Kier molecular flexibility index (Phi) is 3.91. The first kappa shape index (κ1) is 15.3. The summed E-state index contributed by atoms with van der Waals surface area (Å²) in [7, 11) is 3.55. The molecule has 1 N–H and O–H groups in total. The average molecular weight is 337 g/mol. The summed E-state index contributed by atoms with van der Waals surface area (Å²) in [5, 5.41) is 7.93. The number of aromatic nitrogens is 2. The number of hydrogen-bond acceptors (Lipinski definition) is 6. The molecule has 0 spiro atoms. The molecule has 1 aromatic heterocycles. The van der Waals surface area contributed by atoms with Crippen molar-refractivity contribution in [1.82, 2.24) is 5.10 Å². The van der Waals surface area contributed by atoms with Gasteiger partial charge in [-0.3, -0.25) is 0 Å². The van der Waals surface area contributed by atoms with Crippen molar-refractivity contribution >= 4 is 40.8 Å². The van der Waals surface area contributed by atoms with Crippen molar-refractivity contribution in [3.63, 3.8) is 0 Å². The second-order valence-electron chi connectivity index (χ2n) is 4.82. The molecular formula is C14H15ClN5O3+. The molecule has 0 radical (unpaired) electrons. The van der Waals surface area contributed by atoms with Gasteiger partial charge >= 0.3 is 17.6 Å². The van der Waals surface area contributed by atoms with E-state index in [0.29, 0.717) is 16.7 Å². The van der Waals surface area contributed by atoms with Gasteiger partial charge in [0.2, 0.25) is 0 Å². The maximum atomic E-state index is 11.5. The highest BCUT2D eigenvalue weighted by atomic mass is 35.5. The Morgan fingerprint density at radius 2 is 2.35 bits per heavy atom. The number of halogens is 1. The summed E-state index contributed by atoms with van der Waals surface area (Å²) < 4.78 is 11.9. The van der Waals surface area contributed by atoms with Crippen molar-refractivity contribution in [2.45, 2.75) is 6.92 Å². The largest absolute Gasteiger partial charge is 0.448 e. The molecule has 1 amide bonds. The van der Waals surface area contributed by atoms with Crippen LogP contribution < -0.4 is 20.6 Å². The van der Waals surface area contributed by atoms with Gasteiger partial charge in [-0.2, -0.15) is 0 Å². The Balaban J connectivity index is 2.10. The zero-order chi connectivity index (χ0) is 16.6. The predicted octanol–water partition coefficient (Wildman–Crippen LogP) is 2.03. The van der Waals surface area contributed by atoms with Crippen LogP contribution in [0.1, 0.15) is 6.92 Å². The van der Waals surface area contributed by atoms with E-state index in [1.54, 1.807) is 29.6 Å². The molecule has 0 unspecified atom stereocenters. The Labute approximate surface area is 137 Å². The number of nitrogens with one attached hydrogen (secondary N) is 1. The van der Waals surface area contributed by atoms with Gasteiger partial charge in [0.15, 0.2) is 0 Å². The third-order valence-corrected chi connectivity index (χ3v) is 3.52. The number of aryl methyl sites for hydroxylation is 1. The van der Waals surface area contributed by atoms with Crippen LogP contribution in [0.15, 0.2) is 27.6 Å². The van der Waals surface area contributed by atoms with Gasteiger partial charge in [-0.25, -0.2) is 10.1 Å². The summed E-state index contributed by atoms with van der Waals surface area (Å²) in [6.45, 7) is 1.93. The zero-order valence-electron chi connectivity index (χ0n) is 12.8. The van der Waals surface area contributed by atoms with Crippen LogP contribution >= 0.6 is 11.6 Å². The van der Waals surface area contributed by atoms with Crippen molar-refractivity contribution in [3.8, 4) is 0 Å². The highest BCUT2D eigenvalue weighted by molar-refractivity contribution is 6.31. The third kappa shape index (κ3) is 2.85. The molecule has 0 saturated heterocycles. The van der Waals surface area contributed by atoms with E-state index in [-0.39, 0.29) is 12.3 Å². The van der Waals surface area contributed by atoms with Crippen molar-refractivity contribution < 1.29 is 18.6 Å².